The number of amides is 2. The van der Waals surface area contributed by atoms with Crippen molar-refractivity contribution in [2.24, 2.45) is 0 Å². The van der Waals surface area contributed by atoms with Crippen molar-refractivity contribution < 1.29 is 9.59 Å². The maximum absolute atomic E-state index is 12.5. The molecule has 140 valence electrons. The molecular formula is C22H19N3O2S. The highest BCUT2D eigenvalue weighted by atomic mass is 32.1. The molecule has 5 nitrogen and oxygen atoms in total. The lowest BCUT2D eigenvalue weighted by molar-refractivity contribution is -0.117. The highest BCUT2D eigenvalue weighted by molar-refractivity contribution is 7.80. The Bertz CT molecular complexity index is 985. The zero-order valence-electron chi connectivity index (χ0n) is 15.2. The van der Waals surface area contributed by atoms with Crippen molar-refractivity contribution in [1.82, 2.24) is 5.32 Å². The minimum atomic E-state index is -0.236. The van der Waals surface area contributed by atoms with Crippen LogP contribution >= 0.6 is 12.2 Å². The third-order valence-electron chi connectivity index (χ3n) is 3.94. The minimum Gasteiger partial charge on any atom is -0.332 e. The van der Waals surface area contributed by atoms with Gasteiger partial charge in [-0.25, -0.2) is 0 Å². The van der Waals surface area contributed by atoms with E-state index in [0.717, 1.165) is 11.1 Å². The Morgan fingerprint density at radius 2 is 1.25 bits per heavy atom. The van der Waals surface area contributed by atoms with Crippen molar-refractivity contribution in [2.45, 2.75) is 6.92 Å². The lowest BCUT2D eigenvalue weighted by atomic mass is 10.0. The Morgan fingerprint density at radius 1 is 0.714 bits per heavy atom. The average molecular weight is 389 g/mol. The first-order valence-electron chi connectivity index (χ1n) is 8.67. The van der Waals surface area contributed by atoms with Gasteiger partial charge < -0.3 is 16.0 Å². The molecule has 0 radical (unpaired) electrons. The monoisotopic (exact) mass is 389 g/mol. The highest BCUT2D eigenvalue weighted by Crippen LogP contribution is 2.20. The fourth-order valence-electron chi connectivity index (χ4n) is 2.61. The Morgan fingerprint density at radius 3 is 1.82 bits per heavy atom. The molecule has 0 fully saturated rings. The largest absolute Gasteiger partial charge is 0.332 e. The Kier molecular flexibility index (Phi) is 6.14. The molecule has 0 aromatic heterocycles. The summed E-state index contributed by atoms with van der Waals surface area (Å²) in [5, 5.41) is 8.47. The third-order valence-corrected chi connectivity index (χ3v) is 4.15. The molecule has 0 unspecified atom stereocenters. The first-order chi connectivity index (χ1) is 13.5. The number of benzene rings is 3. The molecule has 0 aliphatic carbocycles. The van der Waals surface area contributed by atoms with Gasteiger partial charge in [0.2, 0.25) is 5.91 Å². The van der Waals surface area contributed by atoms with Crippen LogP contribution in [0.4, 0.5) is 11.4 Å². The summed E-state index contributed by atoms with van der Waals surface area (Å²) in [6.45, 7) is 1.39. The van der Waals surface area contributed by atoms with Crippen LogP contribution in [-0.4, -0.2) is 16.9 Å². The Hall–Kier alpha value is -3.51. The maximum Gasteiger partial charge on any atom is 0.255 e. The van der Waals surface area contributed by atoms with Crippen molar-refractivity contribution in [2.75, 3.05) is 10.6 Å². The molecule has 0 spiro atoms. The molecule has 0 bridgehead atoms. The molecule has 3 aromatic rings. The van der Waals surface area contributed by atoms with E-state index in [-0.39, 0.29) is 16.9 Å². The molecule has 0 saturated heterocycles. The Balaban J connectivity index is 1.61. The van der Waals surface area contributed by atoms with Gasteiger partial charge in [-0.15, -0.1) is 0 Å². The van der Waals surface area contributed by atoms with Crippen molar-refractivity contribution >= 4 is 40.5 Å². The molecule has 6 heteroatoms. The molecule has 3 rings (SSSR count). The van der Waals surface area contributed by atoms with E-state index in [1.165, 1.54) is 6.92 Å². The van der Waals surface area contributed by atoms with Crippen molar-refractivity contribution in [3.05, 3.63) is 84.4 Å². The molecule has 0 atom stereocenters. The smallest absolute Gasteiger partial charge is 0.255 e. The standard InChI is InChI=1S/C22H19N3O2S/c1-15(26)23-22(28)25-20-13-11-19(12-14-20)24-21(27)18-9-7-17(8-10-18)16-5-3-2-4-6-16/h2-14H,1H3,(H,24,27)(H2,23,25,26,28). The van der Waals surface area contributed by atoms with Crippen LogP contribution < -0.4 is 16.0 Å². The van der Waals surface area contributed by atoms with E-state index in [0.29, 0.717) is 16.9 Å². The van der Waals surface area contributed by atoms with Crippen LogP contribution in [-0.2, 0) is 4.79 Å². The average Bonchev–Trinajstić information content (AvgIpc) is 2.69. The first kappa shape index (κ1) is 19.3. The predicted octanol–water partition coefficient (Wildman–Crippen LogP) is 4.44. The lowest BCUT2D eigenvalue weighted by Crippen LogP contribution is -2.32. The molecular weight excluding hydrogens is 370 g/mol. The van der Waals surface area contributed by atoms with E-state index in [1.54, 1.807) is 36.4 Å². The number of hydrogen-bond donors (Lipinski definition) is 3. The van der Waals surface area contributed by atoms with Gasteiger partial charge in [0, 0.05) is 23.9 Å². The van der Waals surface area contributed by atoms with Gasteiger partial charge in [0.1, 0.15) is 0 Å². The van der Waals surface area contributed by atoms with Gasteiger partial charge in [0.25, 0.3) is 5.91 Å². The second kappa shape index (κ2) is 8.92. The van der Waals surface area contributed by atoms with Gasteiger partial charge in [-0.2, -0.15) is 0 Å². The topological polar surface area (TPSA) is 70.2 Å². The van der Waals surface area contributed by atoms with Gasteiger partial charge >= 0.3 is 0 Å². The van der Waals surface area contributed by atoms with Crippen LogP contribution in [0.1, 0.15) is 17.3 Å². The minimum absolute atomic E-state index is 0.186. The summed E-state index contributed by atoms with van der Waals surface area (Å²) in [5.41, 5.74) is 4.11. The molecule has 0 aliphatic heterocycles. The number of carbonyl (C=O) groups excluding carboxylic acids is 2. The van der Waals surface area contributed by atoms with E-state index in [2.05, 4.69) is 16.0 Å². The van der Waals surface area contributed by atoms with Gasteiger partial charge in [0.15, 0.2) is 5.11 Å². The molecule has 3 N–H and O–H groups in total. The summed E-state index contributed by atoms with van der Waals surface area (Å²) in [6.07, 6.45) is 0. The normalized spacial score (nSPS) is 10.0. The second-order valence-electron chi connectivity index (χ2n) is 6.11. The lowest BCUT2D eigenvalue weighted by Gasteiger charge is -2.10. The SMILES string of the molecule is CC(=O)NC(=S)Nc1ccc(NC(=O)c2ccc(-c3ccccc3)cc2)cc1. The number of thiocarbonyl (C=S) groups is 1. The van der Waals surface area contributed by atoms with Crippen LogP contribution in [0.2, 0.25) is 0 Å². The number of rotatable bonds is 4. The number of anilines is 2. The van der Waals surface area contributed by atoms with Crippen LogP contribution in [0.3, 0.4) is 0 Å². The van der Waals surface area contributed by atoms with E-state index in [4.69, 9.17) is 12.2 Å². The second-order valence-corrected chi connectivity index (χ2v) is 6.52. The predicted molar refractivity (Wildman–Crippen MR) is 116 cm³/mol. The number of hydrogen-bond acceptors (Lipinski definition) is 3. The number of carbonyl (C=O) groups is 2. The van der Waals surface area contributed by atoms with Crippen LogP contribution in [0.25, 0.3) is 11.1 Å². The quantitative estimate of drug-likeness (QED) is 0.577. The highest BCUT2D eigenvalue weighted by Gasteiger charge is 2.07. The summed E-state index contributed by atoms with van der Waals surface area (Å²) < 4.78 is 0. The molecule has 0 aliphatic rings. The first-order valence-corrected chi connectivity index (χ1v) is 9.07. The summed E-state index contributed by atoms with van der Waals surface area (Å²) in [4.78, 5) is 23.4. The fraction of sp³-hybridized carbons (Fsp3) is 0.0455. The molecule has 28 heavy (non-hydrogen) atoms. The van der Waals surface area contributed by atoms with E-state index in [9.17, 15) is 9.59 Å². The van der Waals surface area contributed by atoms with Crippen LogP contribution in [0.15, 0.2) is 78.9 Å². The molecule has 2 amide bonds. The van der Waals surface area contributed by atoms with Crippen molar-refractivity contribution in [3.63, 3.8) is 0 Å². The van der Waals surface area contributed by atoms with Crippen LogP contribution in [0.5, 0.6) is 0 Å². The zero-order chi connectivity index (χ0) is 19.9. The third kappa shape index (κ3) is 5.25. The molecule has 0 heterocycles. The van der Waals surface area contributed by atoms with Gasteiger partial charge in [-0.05, 0) is 59.7 Å². The molecule has 0 saturated carbocycles. The summed E-state index contributed by atoms with van der Waals surface area (Å²) in [5.74, 6) is -0.422. The summed E-state index contributed by atoms with van der Waals surface area (Å²) in [7, 11) is 0. The van der Waals surface area contributed by atoms with E-state index in [1.807, 2.05) is 42.5 Å². The van der Waals surface area contributed by atoms with Gasteiger partial charge in [0.05, 0.1) is 0 Å². The summed E-state index contributed by atoms with van der Waals surface area (Å²) in [6, 6.07) is 24.5. The summed E-state index contributed by atoms with van der Waals surface area (Å²) >= 11 is 5.01. The number of nitrogens with one attached hydrogen (secondary N) is 3. The van der Waals surface area contributed by atoms with Crippen molar-refractivity contribution in [1.29, 1.82) is 0 Å². The zero-order valence-corrected chi connectivity index (χ0v) is 16.0. The van der Waals surface area contributed by atoms with E-state index < -0.39 is 0 Å². The van der Waals surface area contributed by atoms with Crippen molar-refractivity contribution in [3.8, 4) is 11.1 Å². The maximum atomic E-state index is 12.5. The van der Waals surface area contributed by atoms with E-state index >= 15 is 0 Å². The van der Waals surface area contributed by atoms with Gasteiger partial charge in [-0.1, -0.05) is 42.5 Å². The van der Waals surface area contributed by atoms with Crippen LogP contribution in [0, 0.1) is 0 Å². The Labute approximate surface area is 168 Å². The fourth-order valence-corrected chi connectivity index (χ4v) is 2.87. The van der Waals surface area contributed by atoms with Gasteiger partial charge in [-0.3, -0.25) is 9.59 Å². The molecule has 3 aromatic carbocycles.